The fourth-order valence-electron chi connectivity index (χ4n) is 4.99. The van der Waals surface area contributed by atoms with Crippen molar-refractivity contribution in [3.8, 4) is 0 Å². The summed E-state index contributed by atoms with van der Waals surface area (Å²) in [5.41, 5.74) is 2.51. The maximum Gasteiger partial charge on any atom is 0.264 e. The van der Waals surface area contributed by atoms with Crippen LogP contribution in [0.5, 0.6) is 0 Å². The van der Waals surface area contributed by atoms with E-state index < -0.39 is 33.9 Å². The van der Waals surface area contributed by atoms with Crippen LogP contribution in [-0.4, -0.2) is 54.6 Å². The molecule has 1 N–H and O–H groups in total. The van der Waals surface area contributed by atoms with Gasteiger partial charge in [0.15, 0.2) is 0 Å². The lowest BCUT2D eigenvalue weighted by Crippen LogP contribution is -2.68. The van der Waals surface area contributed by atoms with Crippen molar-refractivity contribution >= 4 is 39.3 Å². The van der Waals surface area contributed by atoms with Gasteiger partial charge in [0.1, 0.15) is 12.1 Å². The molecule has 40 heavy (non-hydrogen) atoms. The minimum Gasteiger partial charge on any atom is -0.328 e. The lowest BCUT2D eigenvalue weighted by atomic mass is 9.84. The summed E-state index contributed by atoms with van der Waals surface area (Å²) in [5.74, 6) is -1.48. The molecule has 0 radical (unpaired) electrons. The number of nitrogens with zero attached hydrogens (tertiary/aromatic N) is 2. The van der Waals surface area contributed by atoms with Crippen LogP contribution in [0.3, 0.4) is 0 Å². The third kappa shape index (κ3) is 6.71. The first-order valence-corrected chi connectivity index (χ1v) is 14.8. The summed E-state index contributed by atoms with van der Waals surface area (Å²) in [4.78, 5) is 43.0. The van der Waals surface area contributed by atoms with Gasteiger partial charge in [-0.2, -0.15) is 0 Å². The fraction of sp³-hybridized carbons (Fsp3) is 0.300. The van der Waals surface area contributed by atoms with Crippen LogP contribution in [0.25, 0.3) is 0 Å². The zero-order valence-corrected chi connectivity index (χ0v) is 24.3. The summed E-state index contributed by atoms with van der Waals surface area (Å²) in [6, 6.07) is 20.3. The van der Waals surface area contributed by atoms with E-state index in [1.165, 1.54) is 17.0 Å². The van der Waals surface area contributed by atoms with Gasteiger partial charge in [-0.25, -0.2) is 13.1 Å². The molecule has 0 spiro atoms. The Balaban J connectivity index is 1.54. The molecule has 3 aromatic carbocycles. The van der Waals surface area contributed by atoms with Gasteiger partial charge in [0.25, 0.3) is 15.9 Å². The van der Waals surface area contributed by atoms with E-state index in [2.05, 4.69) is 4.72 Å². The van der Waals surface area contributed by atoms with Gasteiger partial charge in [0.2, 0.25) is 11.8 Å². The highest BCUT2D eigenvalue weighted by Gasteiger charge is 2.51. The Hall–Kier alpha value is -3.69. The zero-order valence-electron chi connectivity index (χ0n) is 22.7. The average Bonchev–Trinajstić information content (AvgIpc) is 2.87. The maximum absolute atomic E-state index is 13.9. The number of aryl methyl sites for hydroxylation is 2. The SMILES string of the molecule is Cc1cc(C)cc(CC(=O)N2CCC2(C)C(=O)N(CC(=O)NS(=O)(=O)c2ccccc2)Cc2ccc(Cl)cc2)c1. The van der Waals surface area contributed by atoms with Crippen molar-refractivity contribution in [3.05, 3.63) is 100 Å². The molecule has 1 unspecified atom stereocenters. The molecule has 0 aliphatic carbocycles. The molecule has 1 aliphatic heterocycles. The first-order chi connectivity index (χ1) is 18.9. The maximum atomic E-state index is 13.9. The molecule has 210 valence electrons. The summed E-state index contributed by atoms with van der Waals surface area (Å²) < 4.78 is 27.5. The number of hydrogen-bond acceptors (Lipinski definition) is 5. The topological polar surface area (TPSA) is 104 Å². The number of carbonyl (C=O) groups excluding carboxylic acids is 3. The van der Waals surface area contributed by atoms with E-state index >= 15 is 0 Å². The monoisotopic (exact) mass is 581 g/mol. The summed E-state index contributed by atoms with van der Waals surface area (Å²) in [5, 5.41) is 0.516. The number of carbonyl (C=O) groups is 3. The predicted molar refractivity (Wildman–Crippen MR) is 153 cm³/mol. The fourth-order valence-corrected chi connectivity index (χ4v) is 6.11. The average molecular weight is 582 g/mol. The van der Waals surface area contributed by atoms with Crippen molar-refractivity contribution in [2.75, 3.05) is 13.1 Å². The molecule has 10 heteroatoms. The van der Waals surface area contributed by atoms with E-state index in [4.69, 9.17) is 11.6 Å². The van der Waals surface area contributed by atoms with E-state index in [0.717, 1.165) is 16.7 Å². The highest BCUT2D eigenvalue weighted by molar-refractivity contribution is 7.90. The van der Waals surface area contributed by atoms with Crippen molar-refractivity contribution in [1.29, 1.82) is 0 Å². The first kappa shape index (κ1) is 29.3. The minimum atomic E-state index is -4.12. The molecule has 8 nitrogen and oxygen atoms in total. The number of benzene rings is 3. The highest BCUT2D eigenvalue weighted by atomic mass is 35.5. The largest absolute Gasteiger partial charge is 0.328 e. The second-order valence-corrected chi connectivity index (χ2v) is 12.5. The minimum absolute atomic E-state index is 0.0313. The molecule has 0 aromatic heterocycles. The molecule has 0 saturated carbocycles. The Bertz CT molecular complexity index is 1510. The second kappa shape index (κ2) is 11.8. The lowest BCUT2D eigenvalue weighted by molar-refractivity contribution is -0.164. The second-order valence-electron chi connectivity index (χ2n) is 10.4. The van der Waals surface area contributed by atoms with Crippen molar-refractivity contribution < 1.29 is 22.8 Å². The third-order valence-electron chi connectivity index (χ3n) is 7.03. The standard InChI is InChI=1S/C30H32ClN3O5S/c1-21-15-22(2)17-24(16-21)18-28(36)34-14-13-30(34,3)29(37)33(19-23-9-11-25(31)12-10-23)20-27(35)32-40(38,39)26-7-5-4-6-8-26/h4-12,15-17H,13-14,18-20H2,1-3H3,(H,32,35). The summed E-state index contributed by atoms with van der Waals surface area (Å²) in [6.45, 7) is 5.55. The number of hydrogen-bond donors (Lipinski definition) is 1. The van der Waals surface area contributed by atoms with Gasteiger partial charge in [0, 0.05) is 18.1 Å². The molecular formula is C30H32ClN3O5S. The van der Waals surface area contributed by atoms with E-state index in [-0.39, 0.29) is 23.8 Å². The first-order valence-electron chi connectivity index (χ1n) is 12.9. The van der Waals surface area contributed by atoms with Gasteiger partial charge in [0.05, 0.1) is 11.3 Å². The number of amides is 3. The zero-order chi connectivity index (χ0) is 29.1. The Morgan fingerprint density at radius 3 is 2.15 bits per heavy atom. The van der Waals surface area contributed by atoms with Crippen LogP contribution in [0, 0.1) is 13.8 Å². The van der Waals surface area contributed by atoms with Crippen LogP contribution in [0.1, 0.15) is 35.6 Å². The van der Waals surface area contributed by atoms with Gasteiger partial charge in [-0.05, 0) is 62.6 Å². The molecule has 1 saturated heterocycles. The van der Waals surface area contributed by atoms with E-state index in [0.29, 0.717) is 23.6 Å². The Kier molecular flexibility index (Phi) is 8.65. The summed E-state index contributed by atoms with van der Waals surface area (Å²) in [7, 11) is -4.12. The van der Waals surface area contributed by atoms with Gasteiger partial charge < -0.3 is 9.80 Å². The Morgan fingerprint density at radius 2 is 1.57 bits per heavy atom. The van der Waals surface area contributed by atoms with Gasteiger partial charge in [-0.15, -0.1) is 0 Å². The molecule has 3 amide bonds. The van der Waals surface area contributed by atoms with Crippen molar-refractivity contribution in [2.24, 2.45) is 0 Å². The molecule has 1 atom stereocenters. The van der Waals surface area contributed by atoms with Crippen molar-refractivity contribution in [2.45, 2.75) is 50.6 Å². The van der Waals surface area contributed by atoms with Crippen molar-refractivity contribution in [1.82, 2.24) is 14.5 Å². The van der Waals surface area contributed by atoms with E-state index in [1.807, 2.05) is 32.0 Å². The molecule has 4 rings (SSSR count). The van der Waals surface area contributed by atoms with Crippen LogP contribution in [0.4, 0.5) is 0 Å². The van der Waals surface area contributed by atoms with Gasteiger partial charge in [-0.1, -0.05) is 71.3 Å². The van der Waals surface area contributed by atoms with Crippen LogP contribution in [0.2, 0.25) is 5.02 Å². The Morgan fingerprint density at radius 1 is 0.950 bits per heavy atom. The molecule has 0 bridgehead atoms. The van der Waals surface area contributed by atoms with Crippen LogP contribution in [0.15, 0.2) is 77.7 Å². The van der Waals surface area contributed by atoms with Gasteiger partial charge in [-0.3, -0.25) is 14.4 Å². The third-order valence-corrected chi connectivity index (χ3v) is 8.67. The van der Waals surface area contributed by atoms with Crippen LogP contribution < -0.4 is 4.72 Å². The number of halogens is 1. The highest BCUT2D eigenvalue weighted by Crippen LogP contribution is 2.34. The van der Waals surface area contributed by atoms with Crippen LogP contribution >= 0.6 is 11.6 Å². The van der Waals surface area contributed by atoms with Crippen molar-refractivity contribution in [3.63, 3.8) is 0 Å². The molecule has 1 heterocycles. The summed E-state index contributed by atoms with van der Waals surface area (Å²) in [6.07, 6.45) is 0.573. The summed E-state index contributed by atoms with van der Waals surface area (Å²) >= 11 is 6.01. The van der Waals surface area contributed by atoms with E-state index in [1.54, 1.807) is 54.3 Å². The number of sulfonamides is 1. The normalized spacial score (nSPS) is 16.6. The molecule has 1 fully saturated rings. The molecular weight excluding hydrogens is 550 g/mol. The molecule has 1 aliphatic rings. The van der Waals surface area contributed by atoms with Gasteiger partial charge >= 0.3 is 0 Å². The Labute approximate surface area is 240 Å². The van der Waals surface area contributed by atoms with E-state index in [9.17, 15) is 22.8 Å². The lowest BCUT2D eigenvalue weighted by Gasteiger charge is -2.51. The molecule has 3 aromatic rings. The number of rotatable bonds is 9. The smallest absolute Gasteiger partial charge is 0.264 e. The number of nitrogens with one attached hydrogen (secondary N) is 1. The number of likely N-dealkylation sites (tertiary alicyclic amines) is 1. The predicted octanol–water partition coefficient (Wildman–Crippen LogP) is 4.02. The van der Waals surface area contributed by atoms with Crippen LogP contribution in [-0.2, 0) is 37.4 Å². The quantitative estimate of drug-likeness (QED) is 0.411.